The number of anilines is 2. The minimum Gasteiger partial charge on any atom is -0.378 e. The van der Waals surface area contributed by atoms with Crippen LogP contribution in [-0.2, 0) is 14.4 Å². The Morgan fingerprint density at radius 2 is 1.65 bits per heavy atom. The third-order valence-electron chi connectivity index (χ3n) is 3.75. The smallest absolute Gasteiger partial charge is 0.228 e. The van der Waals surface area contributed by atoms with Crippen molar-refractivity contribution in [3.05, 3.63) is 47.2 Å². The van der Waals surface area contributed by atoms with E-state index in [0.29, 0.717) is 11.3 Å². The number of hydrogen-bond donors (Lipinski definition) is 0. The first-order valence-electron chi connectivity index (χ1n) is 7.29. The van der Waals surface area contributed by atoms with Crippen molar-refractivity contribution in [3.63, 3.8) is 0 Å². The molecule has 5 heteroatoms. The maximum Gasteiger partial charge on any atom is 0.228 e. The number of carbonyl (C=O) groups is 3. The molecule has 1 aromatic carbocycles. The van der Waals surface area contributed by atoms with Gasteiger partial charge in [0.1, 0.15) is 5.70 Å². The Kier molecular flexibility index (Phi) is 4.50. The lowest BCUT2D eigenvalue weighted by Crippen LogP contribution is -2.34. The van der Waals surface area contributed by atoms with Crippen LogP contribution in [0.3, 0.4) is 0 Å². The normalized spacial score (nSPS) is 14.3. The van der Waals surface area contributed by atoms with Gasteiger partial charge in [-0.05, 0) is 43.7 Å². The predicted molar refractivity (Wildman–Crippen MR) is 90.5 cm³/mol. The number of amides is 1. The molecule has 5 nitrogen and oxygen atoms in total. The van der Waals surface area contributed by atoms with Gasteiger partial charge in [0.15, 0.2) is 5.78 Å². The van der Waals surface area contributed by atoms with E-state index in [-0.39, 0.29) is 23.2 Å². The summed E-state index contributed by atoms with van der Waals surface area (Å²) in [5.74, 6) is -0.909. The van der Waals surface area contributed by atoms with Crippen LogP contribution in [0.25, 0.3) is 0 Å². The van der Waals surface area contributed by atoms with Gasteiger partial charge in [0, 0.05) is 38.4 Å². The van der Waals surface area contributed by atoms with E-state index in [4.69, 9.17) is 0 Å². The zero-order valence-corrected chi connectivity index (χ0v) is 14.0. The lowest BCUT2D eigenvalue weighted by molar-refractivity contribution is -0.118. The van der Waals surface area contributed by atoms with Crippen LogP contribution < -0.4 is 9.80 Å². The molecule has 0 radical (unpaired) electrons. The van der Waals surface area contributed by atoms with Crippen LogP contribution in [0.4, 0.5) is 11.4 Å². The highest BCUT2D eigenvalue weighted by Crippen LogP contribution is 2.29. The molecule has 0 saturated heterocycles. The lowest BCUT2D eigenvalue weighted by atomic mass is 10.0. The molecule has 0 fully saturated rings. The van der Waals surface area contributed by atoms with E-state index in [1.165, 1.54) is 24.0 Å². The lowest BCUT2D eigenvalue weighted by Gasteiger charge is -2.26. The number of ketones is 2. The Balaban J connectivity index is 2.53. The largest absolute Gasteiger partial charge is 0.378 e. The maximum absolute atomic E-state index is 12.3. The molecule has 0 N–H and O–H groups in total. The number of benzene rings is 1. The molecule has 1 amide bonds. The van der Waals surface area contributed by atoms with Crippen molar-refractivity contribution in [1.82, 2.24) is 0 Å². The highest BCUT2D eigenvalue weighted by atomic mass is 16.2. The van der Waals surface area contributed by atoms with Gasteiger partial charge in [-0.3, -0.25) is 19.3 Å². The third kappa shape index (κ3) is 3.23. The fourth-order valence-electron chi connectivity index (χ4n) is 2.46. The zero-order chi connectivity index (χ0) is 17.3. The summed E-state index contributed by atoms with van der Waals surface area (Å²) >= 11 is 0. The molecular formula is C18H20N2O3. The van der Waals surface area contributed by atoms with Gasteiger partial charge in [-0.2, -0.15) is 0 Å². The number of nitrogens with zero attached hydrogens (tertiary/aromatic N) is 2. The average Bonchev–Trinajstić information content (AvgIpc) is 2.45. The first-order chi connectivity index (χ1) is 10.7. The molecule has 1 aliphatic rings. The third-order valence-corrected chi connectivity index (χ3v) is 3.75. The summed E-state index contributed by atoms with van der Waals surface area (Å²) in [6.07, 6.45) is 2.51. The fraction of sp³-hybridized carbons (Fsp3) is 0.278. The van der Waals surface area contributed by atoms with Crippen LogP contribution in [-0.4, -0.2) is 31.6 Å². The summed E-state index contributed by atoms with van der Waals surface area (Å²) in [5, 5.41) is 0. The van der Waals surface area contributed by atoms with Crippen molar-refractivity contribution < 1.29 is 14.4 Å². The van der Waals surface area contributed by atoms with Crippen LogP contribution in [0.5, 0.6) is 0 Å². The van der Waals surface area contributed by atoms with Gasteiger partial charge in [0.25, 0.3) is 0 Å². The monoisotopic (exact) mass is 312 g/mol. The summed E-state index contributed by atoms with van der Waals surface area (Å²) in [5.41, 5.74) is 2.91. The summed E-state index contributed by atoms with van der Waals surface area (Å²) in [6.45, 7) is 4.83. The van der Waals surface area contributed by atoms with Gasteiger partial charge in [0.2, 0.25) is 11.7 Å². The number of carbonyl (C=O) groups excluding carboxylic acids is 3. The van der Waals surface area contributed by atoms with Crippen LogP contribution >= 0.6 is 0 Å². The molecule has 0 atom stereocenters. The zero-order valence-electron chi connectivity index (χ0n) is 14.0. The van der Waals surface area contributed by atoms with Crippen LogP contribution in [0.1, 0.15) is 19.4 Å². The Bertz CT molecular complexity index is 758. The number of hydrogen-bond acceptors (Lipinski definition) is 4. The summed E-state index contributed by atoms with van der Waals surface area (Å²) in [7, 11) is 3.85. The minimum absolute atomic E-state index is 0.0915. The van der Waals surface area contributed by atoms with Crippen molar-refractivity contribution in [2.75, 3.05) is 23.9 Å². The van der Waals surface area contributed by atoms with Crippen LogP contribution in [0.2, 0.25) is 0 Å². The van der Waals surface area contributed by atoms with Crippen molar-refractivity contribution in [2.24, 2.45) is 0 Å². The van der Waals surface area contributed by atoms with Gasteiger partial charge in [-0.15, -0.1) is 0 Å². The van der Waals surface area contributed by atoms with E-state index >= 15 is 0 Å². The topological polar surface area (TPSA) is 57.7 Å². The molecule has 0 aliphatic heterocycles. The van der Waals surface area contributed by atoms with Crippen LogP contribution in [0.15, 0.2) is 41.6 Å². The van der Waals surface area contributed by atoms with Gasteiger partial charge in [0.05, 0.1) is 5.69 Å². The van der Waals surface area contributed by atoms with Crippen molar-refractivity contribution in [3.8, 4) is 0 Å². The maximum atomic E-state index is 12.3. The van der Waals surface area contributed by atoms with E-state index in [9.17, 15) is 14.4 Å². The highest BCUT2D eigenvalue weighted by molar-refractivity contribution is 6.23. The van der Waals surface area contributed by atoms with Gasteiger partial charge < -0.3 is 4.90 Å². The van der Waals surface area contributed by atoms with E-state index in [1.54, 1.807) is 13.0 Å². The minimum atomic E-state index is -0.339. The number of rotatable bonds is 3. The molecule has 1 aromatic rings. The van der Waals surface area contributed by atoms with Crippen molar-refractivity contribution in [1.29, 1.82) is 0 Å². The molecule has 0 heterocycles. The Labute approximate surface area is 135 Å². The van der Waals surface area contributed by atoms with Crippen LogP contribution in [0, 0.1) is 6.92 Å². The quantitative estimate of drug-likeness (QED) is 0.804. The fourth-order valence-corrected chi connectivity index (χ4v) is 2.46. The van der Waals surface area contributed by atoms with Gasteiger partial charge >= 0.3 is 0 Å². The van der Waals surface area contributed by atoms with E-state index in [2.05, 4.69) is 0 Å². The summed E-state index contributed by atoms with van der Waals surface area (Å²) < 4.78 is 0. The molecule has 0 bridgehead atoms. The number of aryl methyl sites for hydroxylation is 1. The predicted octanol–water partition coefficient (Wildman–Crippen LogP) is 2.40. The standard InChI is InChI=1S/C18H20N2O3/c1-11-8-14(19(4)5)6-7-15(11)20(13(3)21)16-10-17(22)12(2)9-18(16)23/h6-10H,1-5H3. The molecule has 2 rings (SSSR count). The SMILES string of the molecule is CC(=O)N(C1=CC(=O)C(C)=CC1=O)c1ccc(N(C)C)cc1C. The molecule has 0 saturated carbocycles. The first kappa shape index (κ1) is 16.7. The highest BCUT2D eigenvalue weighted by Gasteiger charge is 2.27. The summed E-state index contributed by atoms with van der Waals surface area (Å²) in [6, 6.07) is 5.59. The average molecular weight is 312 g/mol. The second-order valence-corrected chi connectivity index (χ2v) is 5.81. The summed E-state index contributed by atoms with van der Waals surface area (Å²) in [4.78, 5) is 39.5. The van der Waals surface area contributed by atoms with Gasteiger partial charge in [-0.1, -0.05) is 0 Å². The number of allylic oxidation sites excluding steroid dienone is 3. The van der Waals surface area contributed by atoms with Crippen molar-refractivity contribution >= 4 is 28.8 Å². The molecule has 0 unspecified atom stereocenters. The molecule has 23 heavy (non-hydrogen) atoms. The van der Waals surface area contributed by atoms with E-state index in [0.717, 1.165) is 11.3 Å². The Morgan fingerprint density at radius 3 is 2.17 bits per heavy atom. The molecular weight excluding hydrogens is 292 g/mol. The Hall–Kier alpha value is -2.69. The van der Waals surface area contributed by atoms with Gasteiger partial charge in [-0.25, -0.2) is 0 Å². The second-order valence-electron chi connectivity index (χ2n) is 5.81. The van der Waals surface area contributed by atoms with E-state index in [1.807, 2.05) is 38.1 Å². The molecule has 0 aromatic heterocycles. The first-order valence-corrected chi connectivity index (χ1v) is 7.29. The van der Waals surface area contributed by atoms with E-state index < -0.39 is 0 Å². The Morgan fingerprint density at radius 1 is 1.00 bits per heavy atom. The molecule has 120 valence electrons. The molecule has 0 spiro atoms. The molecule has 1 aliphatic carbocycles. The van der Waals surface area contributed by atoms with Crippen molar-refractivity contribution in [2.45, 2.75) is 20.8 Å². The second kappa shape index (κ2) is 6.20.